The zero-order chi connectivity index (χ0) is 20.7. The second-order valence-corrected chi connectivity index (χ2v) is 7.78. The van der Waals surface area contributed by atoms with Crippen LogP contribution in [0.4, 0.5) is 10.6 Å². The fraction of sp³-hybridized carbons (Fsp3) is 0.318. The summed E-state index contributed by atoms with van der Waals surface area (Å²) >= 11 is 0. The number of carboxylic acid groups (broad SMARTS) is 1. The van der Waals surface area contributed by atoms with Gasteiger partial charge in [0.05, 0.1) is 25.5 Å². The molecule has 8 nitrogen and oxygen atoms in total. The van der Waals surface area contributed by atoms with Gasteiger partial charge in [-0.05, 0) is 53.6 Å². The lowest BCUT2D eigenvalue weighted by atomic mass is 9.88. The van der Waals surface area contributed by atoms with E-state index >= 15 is 0 Å². The van der Waals surface area contributed by atoms with Crippen molar-refractivity contribution >= 4 is 11.9 Å². The van der Waals surface area contributed by atoms with Crippen LogP contribution in [0.5, 0.6) is 0 Å². The van der Waals surface area contributed by atoms with E-state index in [0.717, 1.165) is 52.6 Å². The van der Waals surface area contributed by atoms with Gasteiger partial charge in [0.1, 0.15) is 5.82 Å². The number of nitrogens with two attached hydrogens (primary N) is 1. The predicted molar refractivity (Wildman–Crippen MR) is 112 cm³/mol. The summed E-state index contributed by atoms with van der Waals surface area (Å²) in [6.07, 6.45) is 6.91. The lowest BCUT2D eigenvalue weighted by Crippen LogP contribution is -2.30. The van der Waals surface area contributed by atoms with E-state index in [2.05, 4.69) is 27.3 Å². The fourth-order valence-electron chi connectivity index (χ4n) is 4.56. The Morgan fingerprint density at radius 1 is 1.23 bits per heavy atom. The molecule has 2 aliphatic rings. The zero-order valence-electron chi connectivity index (χ0n) is 16.5. The Hall–Kier alpha value is -3.39. The van der Waals surface area contributed by atoms with Gasteiger partial charge in [-0.2, -0.15) is 5.10 Å². The van der Waals surface area contributed by atoms with E-state index < -0.39 is 6.09 Å². The van der Waals surface area contributed by atoms with Crippen LogP contribution in [0.25, 0.3) is 22.3 Å². The molecule has 4 N–H and O–H groups in total. The van der Waals surface area contributed by atoms with Crippen molar-refractivity contribution in [3.63, 3.8) is 0 Å². The van der Waals surface area contributed by atoms with E-state index in [1.807, 2.05) is 6.07 Å². The number of nitrogens with zero attached hydrogens (tertiary/aromatic N) is 3. The molecule has 2 aromatic heterocycles. The van der Waals surface area contributed by atoms with Crippen LogP contribution in [0.15, 0.2) is 36.8 Å². The van der Waals surface area contributed by atoms with Crippen LogP contribution in [0.1, 0.15) is 35.6 Å². The van der Waals surface area contributed by atoms with Gasteiger partial charge in [0.15, 0.2) is 0 Å². The molecule has 0 saturated carbocycles. The van der Waals surface area contributed by atoms with Gasteiger partial charge in [-0.1, -0.05) is 6.07 Å². The topological polar surface area (TPSA) is 117 Å². The zero-order valence-corrected chi connectivity index (χ0v) is 16.5. The van der Waals surface area contributed by atoms with Crippen LogP contribution in [0.2, 0.25) is 0 Å². The molecule has 0 bridgehead atoms. The number of fused-ring (bicyclic) bond motifs is 1. The highest BCUT2D eigenvalue weighted by Gasteiger charge is 2.33. The molecule has 1 aromatic carbocycles. The summed E-state index contributed by atoms with van der Waals surface area (Å²) < 4.78 is 5.72. The lowest BCUT2D eigenvalue weighted by molar-refractivity contribution is 0.107. The smallest absolute Gasteiger partial charge is 0.407 e. The molecule has 1 fully saturated rings. The van der Waals surface area contributed by atoms with Crippen molar-refractivity contribution in [3.8, 4) is 22.3 Å². The van der Waals surface area contributed by atoms with E-state index in [0.29, 0.717) is 25.6 Å². The largest absolute Gasteiger partial charge is 0.465 e. The van der Waals surface area contributed by atoms with E-state index in [4.69, 9.17) is 10.5 Å². The van der Waals surface area contributed by atoms with Crippen molar-refractivity contribution in [2.45, 2.75) is 31.9 Å². The summed E-state index contributed by atoms with van der Waals surface area (Å²) in [6, 6.07) is 6.15. The number of nitrogen functional groups attached to an aromatic ring is 1. The first-order valence-electron chi connectivity index (χ1n) is 10.1. The average Bonchev–Trinajstić information content (AvgIpc) is 3.45. The number of anilines is 1. The molecule has 154 valence electrons. The third kappa shape index (κ3) is 3.19. The molecule has 4 heterocycles. The summed E-state index contributed by atoms with van der Waals surface area (Å²) in [5.41, 5.74) is 13.1. The van der Waals surface area contributed by atoms with Gasteiger partial charge in [0.2, 0.25) is 0 Å². The standard InChI is InChI=1S/C22H23N5O3/c23-21-17(16-10-25-26-11-16)8-15(9-24-21)14-6-13-3-5-30-12-19(13)18(7-14)20-2-1-4-27(20)22(28)29/h6-11,20H,1-5,12H2,(H2,23,24)(H,25,26)(H,28,29). The summed E-state index contributed by atoms with van der Waals surface area (Å²) in [5, 5.41) is 16.5. The van der Waals surface area contributed by atoms with Crippen LogP contribution < -0.4 is 5.73 Å². The summed E-state index contributed by atoms with van der Waals surface area (Å²) in [4.78, 5) is 17.7. The Morgan fingerprint density at radius 2 is 2.13 bits per heavy atom. The summed E-state index contributed by atoms with van der Waals surface area (Å²) in [5.74, 6) is 0.444. The Balaban J connectivity index is 1.63. The van der Waals surface area contributed by atoms with Gasteiger partial charge in [-0.15, -0.1) is 0 Å². The predicted octanol–water partition coefficient (Wildman–Crippen LogP) is 3.61. The molecule has 1 amide bonds. The average molecular weight is 405 g/mol. The lowest BCUT2D eigenvalue weighted by Gasteiger charge is -2.28. The second-order valence-electron chi connectivity index (χ2n) is 7.78. The van der Waals surface area contributed by atoms with Crippen LogP contribution in [-0.4, -0.2) is 44.4 Å². The number of aromatic nitrogens is 3. The third-order valence-corrected chi connectivity index (χ3v) is 6.06. The number of hydrogen-bond acceptors (Lipinski definition) is 5. The molecular formula is C22H23N5O3. The molecule has 1 saturated heterocycles. The van der Waals surface area contributed by atoms with Crippen LogP contribution >= 0.6 is 0 Å². The number of pyridine rings is 1. The summed E-state index contributed by atoms with van der Waals surface area (Å²) in [6.45, 7) is 1.76. The van der Waals surface area contributed by atoms with Crippen molar-refractivity contribution in [1.82, 2.24) is 20.1 Å². The number of nitrogens with one attached hydrogen (secondary N) is 1. The highest BCUT2D eigenvalue weighted by molar-refractivity contribution is 5.79. The Morgan fingerprint density at radius 3 is 2.93 bits per heavy atom. The van der Waals surface area contributed by atoms with Crippen LogP contribution in [0.3, 0.4) is 0 Å². The maximum absolute atomic E-state index is 11.8. The molecule has 3 aromatic rings. The molecule has 0 spiro atoms. The molecule has 0 aliphatic carbocycles. The molecule has 1 unspecified atom stereocenters. The van der Waals surface area contributed by atoms with Gasteiger partial charge in [0.25, 0.3) is 0 Å². The fourth-order valence-corrected chi connectivity index (χ4v) is 4.56. The van der Waals surface area contributed by atoms with Crippen molar-refractivity contribution in [2.24, 2.45) is 0 Å². The van der Waals surface area contributed by atoms with Gasteiger partial charge >= 0.3 is 6.09 Å². The number of ether oxygens (including phenoxy) is 1. The van der Waals surface area contributed by atoms with E-state index in [1.165, 1.54) is 5.56 Å². The molecule has 0 radical (unpaired) electrons. The first kappa shape index (κ1) is 18.6. The SMILES string of the molecule is Nc1ncc(-c2cc3c(c(C4CCCN4C(=O)O)c2)COCC3)cc1-c1cn[nH]c1. The quantitative estimate of drug-likeness (QED) is 0.613. The second kappa shape index (κ2) is 7.46. The van der Waals surface area contributed by atoms with E-state index in [-0.39, 0.29) is 6.04 Å². The highest BCUT2D eigenvalue weighted by atomic mass is 16.5. The Labute approximate surface area is 173 Å². The molecule has 5 rings (SSSR count). The van der Waals surface area contributed by atoms with Gasteiger partial charge in [-0.3, -0.25) is 5.10 Å². The monoisotopic (exact) mass is 405 g/mol. The molecule has 8 heteroatoms. The molecule has 1 atom stereocenters. The van der Waals surface area contributed by atoms with Gasteiger partial charge < -0.3 is 20.5 Å². The number of hydrogen-bond donors (Lipinski definition) is 3. The maximum atomic E-state index is 11.8. The first-order chi connectivity index (χ1) is 14.6. The summed E-state index contributed by atoms with van der Waals surface area (Å²) in [7, 11) is 0. The Bertz CT molecular complexity index is 1100. The number of amides is 1. The van der Waals surface area contributed by atoms with Crippen LogP contribution in [0, 0.1) is 0 Å². The van der Waals surface area contributed by atoms with Crippen molar-refractivity contribution in [3.05, 3.63) is 53.5 Å². The third-order valence-electron chi connectivity index (χ3n) is 6.06. The Kier molecular flexibility index (Phi) is 4.63. The molecule has 30 heavy (non-hydrogen) atoms. The number of benzene rings is 1. The number of aromatic amines is 1. The maximum Gasteiger partial charge on any atom is 0.407 e. The number of likely N-dealkylation sites (tertiary alicyclic amines) is 1. The normalized spacial score (nSPS) is 18.4. The number of carbonyl (C=O) groups is 1. The van der Waals surface area contributed by atoms with Crippen molar-refractivity contribution in [2.75, 3.05) is 18.9 Å². The van der Waals surface area contributed by atoms with Crippen molar-refractivity contribution in [1.29, 1.82) is 0 Å². The molecule has 2 aliphatic heterocycles. The number of rotatable bonds is 3. The van der Waals surface area contributed by atoms with Gasteiger partial charge in [0, 0.05) is 35.6 Å². The highest BCUT2D eigenvalue weighted by Crippen LogP contribution is 2.39. The van der Waals surface area contributed by atoms with Gasteiger partial charge in [-0.25, -0.2) is 9.78 Å². The first-order valence-corrected chi connectivity index (χ1v) is 10.1. The minimum atomic E-state index is -0.871. The van der Waals surface area contributed by atoms with E-state index in [9.17, 15) is 9.90 Å². The van der Waals surface area contributed by atoms with Crippen molar-refractivity contribution < 1.29 is 14.6 Å². The molecular weight excluding hydrogens is 382 g/mol. The minimum Gasteiger partial charge on any atom is -0.465 e. The minimum absolute atomic E-state index is 0.145. The van der Waals surface area contributed by atoms with E-state index in [1.54, 1.807) is 23.5 Å². The van der Waals surface area contributed by atoms with Crippen LogP contribution in [-0.2, 0) is 17.8 Å². The number of H-pyrrole nitrogens is 1.